The van der Waals surface area contributed by atoms with Crippen LogP contribution in [0.4, 0.5) is 0 Å². The fraction of sp³-hybridized carbons (Fsp3) is 0.0769. The Bertz CT molecular complexity index is 1060. The molecule has 3 aromatic rings. The van der Waals surface area contributed by atoms with Crippen molar-refractivity contribution in [3.8, 4) is 22.9 Å². The number of aromatic nitrogens is 5. The second-order valence-corrected chi connectivity index (χ2v) is 3.17. The summed E-state index contributed by atoms with van der Waals surface area (Å²) in [6.07, 6.45) is -1.43. The quantitative estimate of drug-likeness (QED) is 0.754. The number of aromatic amines is 1. The molecule has 0 saturated heterocycles. The standard InChI is InChI=1S/C13H11N5/c1-9-2-4-10(5-3-9)12-16-13(18-17-12)11-8-14-6-7-15-11/h2-8H,1H3,(H,16,17,18)/i1D3,2D,3D,4D,5D,6D,7D,8D. The molecule has 0 aliphatic carbocycles. The lowest BCUT2D eigenvalue weighted by Crippen LogP contribution is -1.86. The van der Waals surface area contributed by atoms with Crippen LogP contribution in [0.25, 0.3) is 22.9 Å². The van der Waals surface area contributed by atoms with Crippen LogP contribution in [-0.2, 0) is 0 Å². The molecule has 0 aliphatic heterocycles. The molecule has 5 nitrogen and oxygen atoms in total. The average molecular weight is 247 g/mol. The van der Waals surface area contributed by atoms with Gasteiger partial charge in [-0.15, -0.1) is 0 Å². The van der Waals surface area contributed by atoms with E-state index >= 15 is 0 Å². The Labute approximate surface area is 118 Å². The Balaban J connectivity index is 2.19. The van der Waals surface area contributed by atoms with Gasteiger partial charge in [0.2, 0.25) is 0 Å². The molecule has 0 unspecified atom stereocenters. The van der Waals surface area contributed by atoms with Crippen molar-refractivity contribution >= 4 is 0 Å². The summed E-state index contributed by atoms with van der Waals surface area (Å²) in [6.45, 7) is -2.83. The third-order valence-corrected chi connectivity index (χ3v) is 1.99. The first-order chi connectivity index (χ1) is 12.9. The number of hydrogen-bond donors (Lipinski definition) is 1. The molecule has 0 aliphatic rings. The van der Waals surface area contributed by atoms with E-state index in [1.54, 1.807) is 0 Å². The lowest BCUT2D eigenvalue weighted by atomic mass is 10.1. The zero-order valence-corrected chi connectivity index (χ0v) is 8.79. The summed E-state index contributed by atoms with van der Waals surface area (Å²) < 4.78 is 76.8. The molecule has 2 aromatic heterocycles. The van der Waals surface area contributed by atoms with Gasteiger partial charge in [-0.1, -0.05) is 29.7 Å². The summed E-state index contributed by atoms with van der Waals surface area (Å²) in [5, 5.41) is 6.23. The van der Waals surface area contributed by atoms with E-state index in [0.29, 0.717) is 0 Å². The van der Waals surface area contributed by atoms with E-state index in [9.17, 15) is 0 Å². The van der Waals surface area contributed by atoms with Crippen LogP contribution in [0.3, 0.4) is 0 Å². The average Bonchev–Trinajstić information content (AvgIpc) is 3.05. The summed E-state index contributed by atoms with van der Waals surface area (Å²) in [5.41, 5.74) is -1.21. The first-order valence-electron chi connectivity index (χ1n) is 9.79. The minimum atomic E-state index is -2.83. The monoisotopic (exact) mass is 247 g/mol. The van der Waals surface area contributed by atoms with Crippen molar-refractivity contribution in [3.05, 3.63) is 48.3 Å². The van der Waals surface area contributed by atoms with Crippen LogP contribution in [0.5, 0.6) is 0 Å². The third kappa shape index (κ3) is 1.98. The van der Waals surface area contributed by atoms with Gasteiger partial charge >= 0.3 is 0 Å². The van der Waals surface area contributed by atoms with Gasteiger partial charge in [-0.2, -0.15) is 5.10 Å². The summed E-state index contributed by atoms with van der Waals surface area (Å²) in [7, 11) is 0. The van der Waals surface area contributed by atoms with Crippen molar-refractivity contribution in [3.63, 3.8) is 0 Å². The van der Waals surface area contributed by atoms with E-state index in [2.05, 4.69) is 25.1 Å². The van der Waals surface area contributed by atoms with Gasteiger partial charge in [0.1, 0.15) is 5.69 Å². The maximum absolute atomic E-state index is 8.05. The molecular weight excluding hydrogens is 226 g/mol. The summed E-state index contributed by atoms with van der Waals surface area (Å²) >= 11 is 0. The van der Waals surface area contributed by atoms with Crippen LogP contribution < -0.4 is 0 Å². The van der Waals surface area contributed by atoms with E-state index in [1.165, 1.54) is 0 Å². The molecule has 0 atom stereocenters. The number of rotatable bonds is 2. The van der Waals surface area contributed by atoms with E-state index in [4.69, 9.17) is 13.7 Å². The van der Waals surface area contributed by atoms with Gasteiger partial charge in [0.25, 0.3) is 0 Å². The molecular formula is C13H11N5. The Morgan fingerprint density at radius 3 is 2.94 bits per heavy atom. The minimum Gasteiger partial charge on any atom is -0.261 e. The van der Waals surface area contributed by atoms with Gasteiger partial charge in [-0.05, 0) is 6.85 Å². The van der Waals surface area contributed by atoms with Crippen molar-refractivity contribution in [1.82, 2.24) is 25.1 Å². The Hall–Kier alpha value is -2.56. The van der Waals surface area contributed by atoms with Crippen molar-refractivity contribution in [2.75, 3.05) is 0 Å². The molecule has 88 valence electrons. The highest BCUT2D eigenvalue weighted by atomic mass is 15.2. The number of nitrogens with zero attached hydrogens (tertiary/aromatic N) is 4. The van der Waals surface area contributed by atoms with Crippen LogP contribution in [0, 0.1) is 6.85 Å². The molecule has 5 heteroatoms. The van der Waals surface area contributed by atoms with Gasteiger partial charge in [0.15, 0.2) is 11.6 Å². The van der Waals surface area contributed by atoms with Crippen LogP contribution >= 0.6 is 0 Å². The lowest BCUT2D eigenvalue weighted by Gasteiger charge is -1.95. The van der Waals surface area contributed by atoms with E-state index < -0.39 is 55.1 Å². The van der Waals surface area contributed by atoms with E-state index in [0.717, 1.165) is 0 Å². The molecule has 0 bridgehead atoms. The molecule has 1 N–H and O–H groups in total. The normalized spacial score (nSPS) is 19.1. The predicted molar refractivity (Wildman–Crippen MR) is 67.6 cm³/mol. The molecule has 18 heavy (non-hydrogen) atoms. The summed E-state index contributed by atoms with van der Waals surface area (Å²) in [5.74, 6) is -0.399. The third-order valence-electron chi connectivity index (χ3n) is 1.99. The van der Waals surface area contributed by atoms with Gasteiger partial charge < -0.3 is 0 Å². The number of nitrogens with one attached hydrogen (secondary N) is 1. The first-order valence-corrected chi connectivity index (χ1v) is 4.79. The van der Waals surface area contributed by atoms with Gasteiger partial charge in [-0.3, -0.25) is 10.1 Å². The zero-order chi connectivity index (χ0) is 21.0. The Morgan fingerprint density at radius 1 is 1.22 bits per heavy atom. The lowest BCUT2D eigenvalue weighted by molar-refractivity contribution is 1.08. The van der Waals surface area contributed by atoms with Gasteiger partial charge in [0.05, 0.1) is 15.8 Å². The SMILES string of the molecule is [2H]c1nc([2H])c(-c2nc(-c3c([2H])c([2H])c(C([2H])([2H])[2H])c([2H])c3[2H])n[nH]2)nc1[2H]. The van der Waals surface area contributed by atoms with Crippen molar-refractivity contribution in [2.45, 2.75) is 6.85 Å². The highest BCUT2D eigenvalue weighted by molar-refractivity contribution is 5.58. The predicted octanol–water partition coefficient (Wildman–Crippen LogP) is 2.24. The molecule has 1 aromatic carbocycles. The smallest absolute Gasteiger partial charge is 0.181 e. The van der Waals surface area contributed by atoms with Crippen LogP contribution in [-0.4, -0.2) is 25.1 Å². The Morgan fingerprint density at radius 2 is 2.11 bits per heavy atom. The molecule has 0 spiro atoms. The zero-order valence-electron chi connectivity index (χ0n) is 18.8. The van der Waals surface area contributed by atoms with Crippen molar-refractivity contribution in [1.29, 1.82) is 0 Å². The first kappa shape index (κ1) is 4.28. The molecule has 3 rings (SSSR count). The number of benzene rings is 1. The van der Waals surface area contributed by atoms with E-state index in [1.807, 2.05) is 0 Å². The number of H-pyrrole nitrogens is 1. The maximum Gasteiger partial charge on any atom is 0.181 e. The van der Waals surface area contributed by atoms with Crippen LogP contribution in [0.2, 0.25) is 0 Å². The van der Waals surface area contributed by atoms with E-state index in [-0.39, 0.29) is 22.9 Å². The topological polar surface area (TPSA) is 67.3 Å². The fourth-order valence-corrected chi connectivity index (χ4v) is 1.22. The second-order valence-electron chi connectivity index (χ2n) is 3.17. The Kier molecular flexibility index (Phi) is 1.04. The number of hydrogen-bond acceptors (Lipinski definition) is 4. The van der Waals surface area contributed by atoms with Crippen LogP contribution in [0.15, 0.2) is 42.7 Å². The van der Waals surface area contributed by atoms with Crippen LogP contribution in [0.1, 0.15) is 19.3 Å². The second kappa shape index (κ2) is 4.37. The fourth-order valence-electron chi connectivity index (χ4n) is 1.22. The van der Waals surface area contributed by atoms with Crippen molar-refractivity contribution < 1.29 is 13.7 Å². The summed E-state index contributed by atoms with van der Waals surface area (Å²) in [4.78, 5) is 11.3. The molecule has 2 heterocycles. The van der Waals surface area contributed by atoms with Crippen molar-refractivity contribution in [2.24, 2.45) is 0 Å². The van der Waals surface area contributed by atoms with Gasteiger partial charge in [0, 0.05) is 22.0 Å². The maximum atomic E-state index is 8.05. The molecule has 0 amide bonds. The highest BCUT2D eigenvalue weighted by Gasteiger charge is 2.08. The molecule has 0 saturated carbocycles. The summed E-state index contributed by atoms with van der Waals surface area (Å²) in [6, 6.07) is -2.71. The molecule has 0 radical (unpaired) electrons. The largest absolute Gasteiger partial charge is 0.261 e. The highest BCUT2D eigenvalue weighted by Crippen LogP contribution is 2.18. The van der Waals surface area contributed by atoms with Gasteiger partial charge in [-0.25, -0.2) is 9.97 Å². The minimum absolute atomic E-state index is 0.127. The molecule has 0 fully saturated rings.